The van der Waals surface area contributed by atoms with Crippen LogP contribution in [0.2, 0.25) is 0 Å². The number of pyridine rings is 1. The molecule has 0 aliphatic carbocycles. The molecule has 3 fully saturated rings. The predicted octanol–water partition coefficient (Wildman–Crippen LogP) is 9.65. The summed E-state index contributed by atoms with van der Waals surface area (Å²) in [6.07, 6.45) is 8.26. The molecule has 6 aromatic rings. The zero-order valence-corrected chi connectivity index (χ0v) is 32.3. The Balaban J connectivity index is 1.07. The summed E-state index contributed by atoms with van der Waals surface area (Å²) in [6.45, 7) is 5.31. The van der Waals surface area contributed by atoms with Crippen LogP contribution in [0.1, 0.15) is 51.0 Å². The molecule has 9 rings (SSSR count). The molecule has 1 N–H and O–H groups in total. The molecule has 282 valence electrons. The van der Waals surface area contributed by atoms with Crippen molar-refractivity contribution in [2.45, 2.75) is 73.7 Å². The van der Waals surface area contributed by atoms with Crippen molar-refractivity contribution in [3.8, 4) is 28.8 Å². The Labute approximate surface area is 326 Å². The van der Waals surface area contributed by atoms with E-state index >= 15 is 4.39 Å². The first kappa shape index (κ1) is 35.9. The minimum Gasteiger partial charge on any atom is -0.461 e. The van der Waals surface area contributed by atoms with Crippen molar-refractivity contribution in [1.29, 1.82) is 0 Å². The van der Waals surface area contributed by atoms with Gasteiger partial charge in [-0.2, -0.15) is 9.97 Å². The number of piperazine rings is 1. The maximum atomic E-state index is 17.3. The maximum absolute atomic E-state index is 17.3. The van der Waals surface area contributed by atoms with Crippen molar-refractivity contribution in [1.82, 2.24) is 25.2 Å². The largest absolute Gasteiger partial charge is 0.461 e. The van der Waals surface area contributed by atoms with Crippen LogP contribution in [0.5, 0.6) is 17.5 Å². The van der Waals surface area contributed by atoms with E-state index < -0.39 is 5.82 Å². The van der Waals surface area contributed by atoms with E-state index in [-0.39, 0.29) is 22.8 Å². The monoisotopic (exact) mass is 754 g/mol. The first-order valence-electron chi connectivity index (χ1n) is 19.6. The number of likely N-dealkylation sites (tertiary alicyclic amines) is 1. The number of fused-ring (bicyclic) bond motifs is 4. The summed E-state index contributed by atoms with van der Waals surface area (Å²) in [5.41, 5.74) is 2.28. The van der Waals surface area contributed by atoms with Crippen molar-refractivity contribution in [2.75, 3.05) is 38.2 Å². The summed E-state index contributed by atoms with van der Waals surface area (Å²) in [7, 11) is 2.18. The van der Waals surface area contributed by atoms with Gasteiger partial charge in [0, 0.05) is 47.6 Å². The Morgan fingerprint density at radius 1 is 0.909 bits per heavy atom. The number of aromatic nitrogens is 3. The van der Waals surface area contributed by atoms with Crippen molar-refractivity contribution in [3.63, 3.8) is 0 Å². The Hall–Kier alpha value is -4.77. The van der Waals surface area contributed by atoms with Crippen molar-refractivity contribution in [2.24, 2.45) is 0 Å². The summed E-state index contributed by atoms with van der Waals surface area (Å²) in [5.74, 6) is 2.40. The molecule has 0 amide bonds. The van der Waals surface area contributed by atoms with Gasteiger partial charge in [-0.1, -0.05) is 67.9 Å². The molecule has 0 spiro atoms. The van der Waals surface area contributed by atoms with Gasteiger partial charge in [0.2, 0.25) is 0 Å². The van der Waals surface area contributed by atoms with Gasteiger partial charge in [-0.15, -0.1) is 11.8 Å². The normalized spacial score (nSPS) is 21.1. The van der Waals surface area contributed by atoms with Gasteiger partial charge in [0.25, 0.3) is 0 Å². The number of nitrogens with zero attached hydrogens (tertiary/aromatic N) is 5. The van der Waals surface area contributed by atoms with Gasteiger partial charge >= 0.3 is 6.01 Å². The highest BCUT2D eigenvalue weighted by Gasteiger charge is 2.39. The third-order valence-corrected chi connectivity index (χ3v) is 12.8. The van der Waals surface area contributed by atoms with Crippen molar-refractivity contribution < 1.29 is 13.9 Å². The van der Waals surface area contributed by atoms with Crippen LogP contribution in [0.4, 0.5) is 10.2 Å². The number of hydrogen-bond acceptors (Lipinski definition) is 9. The molecule has 2 aromatic heterocycles. The first-order valence-corrected chi connectivity index (χ1v) is 20.6. The molecule has 55 heavy (non-hydrogen) atoms. The number of rotatable bonds is 12. The highest BCUT2D eigenvalue weighted by molar-refractivity contribution is 7.98. The van der Waals surface area contributed by atoms with E-state index in [4.69, 9.17) is 24.4 Å². The van der Waals surface area contributed by atoms with Crippen molar-refractivity contribution in [3.05, 3.63) is 109 Å². The van der Waals surface area contributed by atoms with Gasteiger partial charge in [0.05, 0.1) is 10.9 Å². The second-order valence-electron chi connectivity index (χ2n) is 15.4. The molecule has 3 aliphatic rings. The van der Waals surface area contributed by atoms with E-state index in [2.05, 4.69) is 65.5 Å². The molecule has 4 aromatic carbocycles. The quantitative estimate of drug-likeness (QED) is 0.123. The molecule has 3 atom stereocenters. The lowest BCUT2D eigenvalue weighted by molar-refractivity contribution is 0.0828. The summed E-state index contributed by atoms with van der Waals surface area (Å²) in [6, 6.07) is 31.4. The van der Waals surface area contributed by atoms with Crippen LogP contribution in [0, 0.1) is 5.82 Å². The second-order valence-corrected chi connectivity index (χ2v) is 16.4. The van der Waals surface area contributed by atoms with Gasteiger partial charge in [0.15, 0.2) is 5.82 Å². The lowest BCUT2D eigenvalue weighted by Gasteiger charge is -2.36. The van der Waals surface area contributed by atoms with Crippen LogP contribution in [0.15, 0.2) is 102 Å². The standard InChI is InChI=1S/C45H47FN6O2S/c1-3-20-45(21-9-22-51(45)2)29-53-44-49-42-39(43(50-44)52-26-32-14-15-33(27-52)48-32)25-47-41(40(42)46)38-24-35(23-31-12-7-8-13-37(31)38)54-34-16-18-36(19-17-34)55-28-30-10-5-4-6-11-30/h4-8,10-13,16-19,23-25,32-33,48H,3,9,14-15,20-22,26-29H2,1-2H3. The van der Waals surface area contributed by atoms with Gasteiger partial charge in [-0.25, -0.2) is 4.39 Å². The number of nitrogens with one attached hydrogen (secondary N) is 1. The third-order valence-electron chi connectivity index (χ3n) is 11.7. The Kier molecular flexibility index (Phi) is 10.1. The number of anilines is 1. The van der Waals surface area contributed by atoms with Gasteiger partial charge in [-0.05, 0) is 98.4 Å². The summed E-state index contributed by atoms with van der Waals surface area (Å²) >= 11 is 1.78. The second kappa shape index (κ2) is 15.4. The zero-order chi connectivity index (χ0) is 37.4. The van der Waals surface area contributed by atoms with Crippen LogP contribution in [-0.2, 0) is 5.75 Å². The number of ether oxygens (including phenoxy) is 2. The first-order chi connectivity index (χ1) is 26.9. The average molecular weight is 755 g/mol. The lowest BCUT2D eigenvalue weighted by Crippen LogP contribution is -2.51. The fourth-order valence-corrected chi connectivity index (χ4v) is 9.67. The van der Waals surface area contributed by atoms with Crippen LogP contribution < -0.4 is 19.7 Å². The fourth-order valence-electron chi connectivity index (χ4n) is 8.81. The van der Waals surface area contributed by atoms with Crippen LogP contribution >= 0.6 is 11.8 Å². The van der Waals surface area contributed by atoms with E-state index in [1.807, 2.05) is 54.6 Å². The SMILES string of the molecule is CCCC1(COc2nc(N3CC4CCC(C3)N4)c3cnc(-c4cc(Oc5ccc(SCc6ccccc6)cc5)cc5ccccc45)c(F)c3n2)CCCN1C. The minimum atomic E-state index is -0.493. The van der Waals surface area contributed by atoms with E-state index in [1.165, 1.54) is 5.56 Å². The molecule has 8 nitrogen and oxygen atoms in total. The smallest absolute Gasteiger partial charge is 0.319 e. The average Bonchev–Trinajstić information content (AvgIpc) is 3.75. The topological polar surface area (TPSA) is 75.6 Å². The molecule has 2 bridgehead atoms. The summed E-state index contributed by atoms with van der Waals surface area (Å²) in [5, 5.41) is 6.11. The Morgan fingerprint density at radius 3 is 2.45 bits per heavy atom. The molecule has 5 heterocycles. The summed E-state index contributed by atoms with van der Waals surface area (Å²) < 4.78 is 30.2. The molecule has 0 radical (unpaired) electrons. The number of hydrogen-bond donors (Lipinski definition) is 1. The lowest BCUT2D eigenvalue weighted by atomic mass is 9.92. The highest BCUT2D eigenvalue weighted by Crippen LogP contribution is 2.40. The molecule has 0 saturated carbocycles. The maximum Gasteiger partial charge on any atom is 0.319 e. The molecule has 3 aliphatic heterocycles. The zero-order valence-electron chi connectivity index (χ0n) is 31.5. The third kappa shape index (κ3) is 7.35. The molecule has 10 heteroatoms. The predicted molar refractivity (Wildman–Crippen MR) is 220 cm³/mol. The number of benzene rings is 4. The van der Waals surface area contributed by atoms with Gasteiger partial charge in [-0.3, -0.25) is 9.88 Å². The van der Waals surface area contributed by atoms with Crippen LogP contribution in [0.25, 0.3) is 32.9 Å². The Morgan fingerprint density at radius 2 is 1.69 bits per heavy atom. The molecular formula is C45H47FN6O2S. The molecule has 3 saturated heterocycles. The number of likely N-dealkylation sites (N-methyl/N-ethyl adjacent to an activating group) is 1. The minimum absolute atomic E-state index is 0.0794. The van der Waals surface area contributed by atoms with Gasteiger partial charge in [0.1, 0.15) is 35.1 Å². The van der Waals surface area contributed by atoms with E-state index in [0.717, 1.165) is 79.6 Å². The molecular weight excluding hydrogens is 708 g/mol. The van der Waals surface area contributed by atoms with E-state index in [9.17, 15) is 0 Å². The Bertz CT molecular complexity index is 2300. The summed E-state index contributed by atoms with van der Waals surface area (Å²) in [4.78, 5) is 20.5. The van der Waals surface area contributed by atoms with Gasteiger partial charge < -0.3 is 19.7 Å². The number of halogens is 1. The molecule has 3 unspecified atom stereocenters. The van der Waals surface area contributed by atoms with Crippen molar-refractivity contribution >= 4 is 39.3 Å². The number of thioether (sulfide) groups is 1. The van der Waals surface area contributed by atoms with E-state index in [0.29, 0.717) is 47.0 Å². The highest BCUT2D eigenvalue weighted by atomic mass is 32.2. The van der Waals surface area contributed by atoms with E-state index in [1.54, 1.807) is 18.0 Å². The van der Waals surface area contributed by atoms with Crippen LogP contribution in [0.3, 0.4) is 0 Å². The fraction of sp³-hybridized carbons (Fsp3) is 0.356. The van der Waals surface area contributed by atoms with Crippen LogP contribution in [-0.4, -0.2) is 70.8 Å².